The normalized spacial score (nSPS) is 19.1. The molecule has 12 heteroatoms. The van der Waals surface area contributed by atoms with Crippen LogP contribution in [0, 0.1) is 0 Å². The van der Waals surface area contributed by atoms with Gasteiger partial charge in [-0.3, -0.25) is 4.79 Å². The Balaban J connectivity index is 2.00. The first-order valence-electron chi connectivity index (χ1n) is 7.83. The van der Waals surface area contributed by atoms with Gasteiger partial charge in [0.1, 0.15) is 0 Å². The van der Waals surface area contributed by atoms with Gasteiger partial charge in [-0.05, 0) is 17.9 Å². The summed E-state index contributed by atoms with van der Waals surface area (Å²) in [5, 5.41) is 1.25. The van der Waals surface area contributed by atoms with Crippen molar-refractivity contribution in [1.82, 2.24) is 14.9 Å². The minimum Gasteiger partial charge on any atom is -0.328 e. The lowest BCUT2D eigenvalue weighted by Crippen LogP contribution is -2.41. The average Bonchev–Trinajstić information content (AvgIpc) is 3.20. The highest BCUT2D eigenvalue weighted by atomic mass is 35.5. The third-order valence-electron chi connectivity index (χ3n) is 4.07. The number of hydrogen-bond donors (Lipinski definition) is 0. The molecule has 8 nitrogen and oxygen atoms in total. The van der Waals surface area contributed by atoms with Crippen molar-refractivity contribution in [2.24, 2.45) is 0 Å². The molecule has 0 aromatic carbocycles. The van der Waals surface area contributed by atoms with Crippen LogP contribution in [0.4, 0.5) is 0 Å². The van der Waals surface area contributed by atoms with Crippen molar-refractivity contribution in [3.63, 3.8) is 0 Å². The van der Waals surface area contributed by atoms with Crippen LogP contribution in [-0.4, -0.2) is 61.4 Å². The second-order valence-electron chi connectivity index (χ2n) is 6.19. The molecule has 3 heterocycles. The molecule has 1 aliphatic heterocycles. The summed E-state index contributed by atoms with van der Waals surface area (Å²) in [6.07, 6.45) is 2.30. The maximum absolute atomic E-state index is 13.1. The number of rotatable bonds is 5. The average molecular weight is 450 g/mol. The van der Waals surface area contributed by atoms with Gasteiger partial charge in [0.15, 0.2) is 15.5 Å². The number of carbonyl (C=O) groups is 1. The molecular formula is C15H16ClN3O5S3. The summed E-state index contributed by atoms with van der Waals surface area (Å²) in [5.74, 6) is -0.771. The highest BCUT2D eigenvalue weighted by Gasteiger charge is 2.36. The number of carbonyl (C=O) groups excluding carboxylic acids is 1. The van der Waals surface area contributed by atoms with Crippen LogP contribution in [0.25, 0.3) is 0 Å². The van der Waals surface area contributed by atoms with Gasteiger partial charge in [-0.2, -0.15) is 0 Å². The van der Waals surface area contributed by atoms with E-state index in [-0.39, 0.29) is 28.8 Å². The van der Waals surface area contributed by atoms with Crippen LogP contribution in [0.15, 0.2) is 28.9 Å². The molecule has 27 heavy (non-hydrogen) atoms. The predicted octanol–water partition coefficient (Wildman–Crippen LogP) is 1.42. The topological polar surface area (TPSA) is 114 Å². The third kappa shape index (κ3) is 4.65. The van der Waals surface area contributed by atoms with Crippen molar-refractivity contribution < 1.29 is 21.6 Å². The zero-order valence-corrected chi connectivity index (χ0v) is 17.4. The number of sulfone groups is 2. The smallest absolute Gasteiger partial charge is 0.274 e. The van der Waals surface area contributed by atoms with E-state index >= 15 is 0 Å². The van der Waals surface area contributed by atoms with E-state index in [1.54, 1.807) is 0 Å². The van der Waals surface area contributed by atoms with Crippen molar-refractivity contribution >= 4 is 48.5 Å². The lowest BCUT2D eigenvalue weighted by atomic mass is 10.2. The first-order valence-corrected chi connectivity index (χ1v) is 12.8. The molecule has 0 bridgehead atoms. The molecule has 0 N–H and O–H groups in total. The molecule has 1 amide bonds. The van der Waals surface area contributed by atoms with Crippen LogP contribution in [-0.2, 0) is 26.2 Å². The summed E-state index contributed by atoms with van der Waals surface area (Å²) in [6.45, 7) is 0.186. The molecule has 1 unspecified atom stereocenters. The Hall–Kier alpha value is -1.56. The fourth-order valence-corrected chi connectivity index (χ4v) is 5.88. The van der Waals surface area contributed by atoms with Gasteiger partial charge in [0.25, 0.3) is 5.91 Å². The Morgan fingerprint density at radius 1 is 1.44 bits per heavy atom. The van der Waals surface area contributed by atoms with Crippen LogP contribution in [0.3, 0.4) is 0 Å². The van der Waals surface area contributed by atoms with E-state index in [9.17, 15) is 21.6 Å². The molecule has 2 aromatic heterocycles. The molecule has 3 rings (SSSR count). The van der Waals surface area contributed by atoms with Crippen LogP contribution < -0.4 is 0 Å². The molecule has 146 valence electrons. The lowest BCUT2D eigenvalue weighted by molar-refractivity contribution is 0.0676. The highest BCUT2D eigenvalue weighted by molar-refractivity contribution is 7.91. The summed E-state index contributed by atoms with van der Waals surface area (Å²) in [7, 11) is -6.96. The predicted molar refractivity (Wildman–Crippen MR) is 101 cm³/mol. The van der Waals surface area contributed by atoms with Crippen molar-refractivity contribution in [2.75, 3.05) is 17.8 Å². The van der Waals surface area contributed by atoms with E-state index in [1.165, 1.54) is 16.2 Å². The van der Waals surface area contributed by atoms with Crippen LogP contribution in [0.2, 0.25) is 5.02 Å². The van der Waals surface area contributed by atoms with Gasteiger partial charge in [0, 0.05) is 17.2 Å². The summed E-state index contributed by atoms with van der Waals surface area (Å²) in [5.41, 5.74) is -0.257. The van der Waals surface area contributed by atoms with E-state index < -0.39 is 36.8 Å². The minimum atomic E-state index is -3.73. The van der Waals surface area contributed by atoms with Crippen molar-refractivity contribution in [3.05, 3.63) is 39.3 Å². The van der Waals surface area contributed by atoms with E-state index in [4.69, 9.17) is 11.6 Å². The quantitative estimate of drug-likeness (QED) is 0.634. The van der Waals surface area contributed by atoms with Crippen molar-refractivity contribution in [1.29, 1.82) is 0 Å². The molecule has 0 radical (unpaired) electrons. The SMILES string of the molecule is CS(=O)(=O)c1ncc(Cl)c(C(=O)N(Cc2cccs2)C2CCS(=O)(=O)C2)n1. The molecule has 0 saturated carbocycles. The number of nitrogens with zero attached hydrogens (tertiary/aromatic N) is 3. The number of halogens is 1. The van der Waals surface area contributed by atoms with Crippen molar-refractivity contribution in [2.45, 2.75) is 24.2 Å². The van der Waals surface area contributed by atoms with Crippen molar-refractivity contribution in [3.8, 4) is 0 Å². The van der Waals surface area contributed by atoms with Gasteiger partial charge in [0.2, 0.25) is 15.0 Å². The van der Waals surface area contributed by atoms with Gasteiger partial charge in [-0.15, -0.1) is 11.3 Å². The molecule has 1 fully saturated rings. The second-order valence-corrected chi connectivity index (χ2v) is 11.8. The van der Waals surface area contributed by atoms with E-state index in [0.717, 1.165) is 17.3 Å². The first-order chi connectivity index (χ1) is 12.6. The van der Waals surface area contributed by atoms with Gasteiger partial charge in [0.05, 0.1) is 29.3 Å². The van der Waals surface area contributed by atoms with Gasteiger partial charge in [-0.1, -0.05) is 17.7 Å². The van der Waals surface area contributed by atoms with Crippen LogP contribution in [0.1, 0.15) is 21.8 Å². The summed E-state index contributed by atoms with van der Waals surface area (Å²) < 4.78 is 47.2. The van der Waals surface area contributed by atoms with Crippen LogP contribution in [0.5, 0.6) is 0 Å². The standard InChI is InChI=1S/C15H16ClN3O5S3/c1-26(21,22)15-17-7-12(16)13(18-15)14(20)19(8-11-3-2-5-25-11)10-4-6-27(23,24)9-10/h2-3,5,7,10H,4,6,8-9H2,1H3. The van der Waals surface area contributed by atoms with Gasteiger partial charge in [-0.25, -0.2) is 26.8 Å². The molecule has 1 atom stereocenters. The molecule has 0 aliphatic carbocycles. The first kappa shape index (κ1) is 20.2. The Morgan fingerprint density at radius 2 is 2.19 bits per heavy atom. The van der Waals surface area contributed by atoms with E-state index in [0.29, 0.717) is 6.42 Å². The second kappa shape index (κ2) is 7.46. The fourth-order valence-electron chi connectivity index (χ4n) is 2.77. The Labute approximate surface area is 166 Å². The fraction of sp³-hybridized carbons (Fsp3) is 0.400. The van der Waals surface area contributed by atoms with Gasteiger partial charge < -0.3 is 4.90 Å². The minimum absolute atomic E-state index is 0.00200. The maximum Gasteiger partial charge on any atom is 0.274 e. The molecular weight excluding hydrogens is 434 g/mol. The zero-order valence-electron chi connectivity index (χ0n) is 14.2. The summed E-state index contributed by atoms with van der Waals surface area (Å²) >= 11 is 7.48. The Morgan fingerprint density at radius 3 is 2.74 bits per heavy atom. The highest BCUT2D eigenvalue weighted by Crippen LogP contribution is 2.25. The number of amides is 1. The van der Waals surface area contributed by atoms with E-state index in [1.807, 2.05) is 17.5 Å². The van der Waals surface area contributed by atoms with Gasteiger partial charge >= 0.3 is 0 Å². The van der Waals surface area contributed by atoms with E-state index in [2.05, 4.69) is 9.97 Å². The Bertz CT molecular complexity index is 1070. The zero-order chi connectivity index (χ0) is 19.8. The number of thiophene rings is 1. The molecule has 2 aromatic rings. The lowest BCUT2D eigenvalue weighted by Gasteiger charge is -2.27. The molecule has 1 aliphatic rings. The van der Waals surface area contributed by atoms with Crippen LogP contribution >= 0.6 is 22.9 Å². The number of hydrogen-bond acceptors (Lipinski definition) is 8. The Kier molecular flexibility index (Phi) is 5.57. The number of aromatic nitrogens is 2. The third-order valence-corrected chi connectivity index (χ3v) is 7.82. The summed E-state index contributed by atoms with van der Waals surface area (Å²) in [6, 6.07) is 3.13. The summed E-state index contributed by atoms with van der Waals surface area (Å²) in [4.78, 5) is 22.9. The molecule has 0 spiro atoms. The maximum atomic E-state index is 13.1. The molecule has 1 saturated heterocycles. The largest absolute Gasteiger partial charge is 0.328 e. The monoisotopic (exact) mass is 449 g/mol.